The number of hydrogen-bond donors (Lipinski definition) is 0. The van der Waals surface area contributed by atoms with E-state index in [-0.39, 0.29) is 16.9 Å². The van der Waals surface area contributed by atoms with E-state index in [0.717, 1.165) is 19.3 Å². The summed E-state index contributed by atoms with van der Waals surface area (Å²) >= 11 is 5.71. The average molecular weight is 228 g/mol. The minimum Gasteiger partial charge on any atom is -0.358 e. The zero-order valence-electron chi connectivity index (χ0n) is 7.97. The molecule has 1 aromatic rings. The lowest BCUT2D eigenvalue weighted by atomic mass is 10.0. The Bertz CT molecular complexity index is 413. The van der Waals surface area contributed by atoms with E-state index in [0.29, 0.717) is 0 Å². The maximum absolute atomic E-state index is 10.5. The van der Waals surface area contributed by atoms with Crippen LogP contribution in [0.4, 0.5) is 5.82 Å². The number of aromatic nitrogens is 2. The Kier molecular flexibility index (Phi) is 2.73. The maximum atomic E-state index is 10.5. The van der Waals surface area contributed by atoms with Gasteiger partial charge in [-0.2, -0.15) is 4.68 Å². The van der Waals surface area contributed by atoms with Gasteiger partial charge in [-0.1, -0.05) is 23.8 Å². The average Bonchev–Trinajstić information content (AvgIpc) is 2.62. The zero-order valence-corrected chi connectivity index (χ0v) is 8.72. The van der Waals surface area contributed by atoms with Gasteiger partial charge in [0.05, 0.1) is 17.3 Å². The van der Waals surface area contributed by atoms with Crippen LogP contribution in [0.1, 0.15) is 25.3 Å². The van der Waals surface area contributed by atoms with Gasteiger partial charge in [-0.05, 0) is 24.2 Å². The molecule has 1 atom stereocenters. The molecule has 0 N–H and O–H groups in total. The summed E-state index contributed by atoms with van der Waals surface area (Å²) in [6.45, 7) is 0. The number of nitrogens with zero attached hydrogens (tertiary/aromatic N) is 3. The molecule has 15 heavy (non-hydrogen) atoms. The summed E-state index contributed by atoms with van der Waals surface area (Å²) in [6, 6.07) is 0.102. The Morgan fingerprint density at radius 1 is 1.67 bits per heavy atom. The van der Waals surface area contributed by atoms with Crippen LogP contribution in [0.15, 0.2) is 18.3 Å². The van der Waals surface area contributed by atoms with Crippen molar-refractivity contribution in [2.45, 2.75) is 25.3 Å². The highest BCUT2D eigenvalue weighted by Gasteiger charge is 2.23. The molecule has 0 saturated carbocycles. The van der Waals surface area contributed by atoms with Gasteiger partial charge in [-0.25, -0.2) is 0 Å². The summed E-state index contributed by atoms with van der Waals surface area (Å²) < 4.78 is 1.57. The summed E-state index contributed by atoms with van der Waals surface area (Å²) in [7, 11) is 0. The van der Waals surface area contributed by atoms with E-state index in [4.69, 9.17) is 11.6 Å². The molecule has 1 aliphatic rings. The molecule has 1 aromatic heterocycles. The first-order chi connectivity index (χ1) is 7.18. The van der Waals surface area contributed by atoms with E-state index >= 15 is 0 Å². The second-order valence-corrected chi connectivity index (χ2v) is 3.87. The lowest BCUT2D eigenvalue weighted by molar-refractivity contribution is -0.389. The molecule has 1 aliphatic carbocycles. The summed E-state index contributed by atoms with van der Waals surface area (Å²) in [5.74, 6) is -0.268. The van der Waals surface area contributed by atoms with Crippen LogP contribution < -0.4 is 0 Å². The summed E-state index contributed by atoms with van der Waals surface area (Å²) in [5.41, 5.74) is 0. The van der Waals surface area contributed by atoms with Crippen LogP contribution >= 0.6 is 11.6 Å². The van der Waals surface area contributed by atoms with Crippen molar-refractivity contribution in [3.8, 4) is 0 Å². The van der Waals surface area contributed by atoms with Gasteiger partial charge in [0, 0.05) is 0 Å². The van der Waals surface area contributed by atoms with E-state index in [1.165, 1.54) is 6.20 Å². The first-order valence-corrected chi connectivity index (χ1v) is 5.12. The minimum atomic E-state index is -0.564. The van der Waals surface area contributed by atoms with Crippen LogP contribution in [-0.2, 0) is 0 Å². The maximum Gasteiger partial charge on any atom is 0.408 e. The highest BCUT2D eigenvalue weighted by atomic mass is 35.5. The van der Waals surface area contributed by atoms with Crippen LogP contribution in [0, 0.1) is 10.1 Å². The molecule has 0 aromatic carbocycles. The third kappa shape index (κ3) is 2.02. The van der Waals surface area contributed by atoms with E-state index in [9.17, 15) is 10.1 Å². The molecule has 2 rings (SSSR count). The molecule has 1 unspecified atom stereocenters. The predicted octanol–water partition coefficient (Wildman–Crippen LogP) is 2.73. The van der Waals surface area contributed by atoms with Gasteiger partial charge >= 0.3 is 5.82 Å². The minimum absolute atomic E-state index is 0.0963. The molecule has 5 nitrogen and oxygen atoms in total. The molecule has 6 heteroatoms. The Hall–Kier alpha value is -1.36. The normalized spacial score (nSPS) is 20.5. The number of allylic oxidation sites excluding steroid dienone is 2. The summed E-state index contributed by atoms with van der Waals surface area (Å²) in [5, 5.41) is 14.5. The van der Waals surface area contributed by atoms with E-state index in [1.807, 2.05) is 6.08 Å². The monoisotopic (exact) mass is 227 g/mol. The van der Waals surface area contributed by atoms with Gasteiger partial charge in [-0.3, -0.25) is 0 Å². The molecule has 0 aliphatic heterocycles. The van der Waals surface area contributed by atoms with Crippen molar-refractivity contribution in [1.29, 1.82) is 0 Å². The van der Waals surface area contributed by atoms with Gasteiger partial charge < -0.3 is 10.1 Å². The van der Waals surface area contributed by atoms with Gasteiger partial charge in [-0.15, -0.1) is 0 Å². The number of rotatable bonds is 2. The van der Waals surface area contributed by atoms with Crippen molar-refractivity contribution in [3.63, 3.8) is 0 Å². The Morgan fingerprint density at radius 2 is 2.47 bits per heavy atom. The molecule has 0 bridgehead atoms. The number of nitro groups is 1. The second kappa shape index (κ2) is 4.02. The molecule has 0 saturated heterocycles. The predicted molar refractivity (Wildman–Crippen MR) is 55.9 cm³/mol. The molecule has 0 fully saturated rings. The third-order valence-electron chi connectivity index (χ3n) is 2.41. The fraction of sp³-hybridized carbons (Fsp3) is 0.444. The van der Waals surface area contributed by atoms with Gasteiger partial charge in [0.25, 0.3) is 0 Å². The van der Waals surface area contributed by atoms with Gasteiger partial charge in [0.15, 0.2) is 5.02 Å². The van der Waals surface area contributed by atoms with E-state index in [1.54, 1.807) is 4.68 Å². The molecule has 1 heterocycles. The lowest BCUT2D eigenvalue weighted by Crippen LogP contribution is -2.09. The van der Waals surface area contributed by atoms with Crippen LogP contribution in [0.5, 0.6) is 0 Å². The highest BCUT2D eigenvalue weighted by Crippen LogP contribution is 2.27. The quantitative estimate of drug-likeness (QED) is 0.443. The number of hydrogen-bond acceptors (Lipinski definition) is 3. The SMILES string of the molecule is O=[N+]([O-])c1nn(C2C=CCCC2)cc1Cl. The van der Waals surface area contributed by atoms with Crippen molar-refractivity contribution in [2.75, 3.05) is 0 Å². The molecular weight excluding hydrogens is 218 g/mol. The fourth-order valence-electron chi connectivity index (χ4n) is 1.67. The Labute approximate surface area is 91.5 Å². The van der Waals surface area contributed by atoms with Crippen LogP contribution in [0.3, 0.4) is 0 Å². The second-order valence-electron chi connectivity index (χ2n) is 3.46. The number of halogens is 1. The standard InChI is InChI=1S/C9H10ClN3O2/c10-8-6-12(11-9(8)13(14)15)7-4-2-1-3-5-7/h2,4,6-7H,1,3,5H2. The molecule has 0 amide bonds. The summed E-state index contributed by atoms with van der Waals surface area (Å²) in [6.07, 6.45) is 8.68. The highest BCUT2D eigenvalue weighted by molar-refractivity contribution is 6.32. The molecule has 80 valence electrons. The van der Waals surface area contributed by atoms with Crippen LogP contribution in [0.2, 0.25) is 5.02 Å². The molecule has 0 spiro atoms. The van der Waals surface area contributed by atoms with Crippen molar-refractivity contribution < 1.29 is 4.92 Å². The Morgan fingerprint density at radius 3 is 3.00 bits per heavy atom. The third-order valence-corrected chi connectivity index (χ3v) is 2.68. The molecular formula is C9H10ClN3O2. The fourth-order valence-corrected chi connectivity index (χ4v) is 1.88. The first kappa shape index (κ1) is 10.2. The topological polar surface area (TPSA) is 61.0 Å². The van der Waals surface area contributed by atoms with E-state index in [2.05, 4.69) is 11.2 Å². The van der Waals surface area contributed by atoms with E-state index < -0.39 is 4.92 Å². The molecule has 0 radical (unpaired) electrons. The zero-order chi connectivity index (χ0) is 10.8. The van der Waals surface area contributed by atoms with Crippen molar-refractivity contribution in [1.82, 2.24) is 9.78 Å². The smallest absolute Gasteiger partial charge is 0.358 e. The summed E-state index contributed by atoms with van der Waals surface area (Å²) in [4.78, 5) is 9.98. The van der Waals surface area contributed by atoms with Gasteiger partial charge in [0.2, 0.25) is 0 Å². The largest absolute Gasteiger partial charge is 0.408 e. The van der Waals surface area contributed by atoms with Crippen LogP contribution in [-0.4, -0.2) is 14.7 Å². The first-order valence-electron chi connectivity index (χ1n) is 4.74. The van der Waals surface area contributed by atoms with Crippen molar-refractivity contribution in [2.24, 2.45) is 0 Å². The van der Waals surface area contributed by atoms with Gasteiger partial charge in [0.1, 0.15) is 0 Å². The van der Waals surface area contributed by atoms with Crippen molar-refractivity contribution >= 4 is 17.4 Å². The lowest BCUT2D eigenvalue weighted by Gasteiger charge is -2.13. The van der Waals surface area contributed by atoms with Crippen LogP contribution in [0.25, 0.3) is 0 Å². The van der Waals surface area contributed by atoms with Crippen molar-refractivity contribution in [3.05, 3.63) is 33.5 Å². The Balaban J connectivity index is 2.29.